The van der Waals surface area contributed by atoms with Crippen LogP contribution in [0.1, 0.15) is 124 Å². The van der Waals surface area contributed by atoms with Crippen LogP contribution in [-0.2, 0) is 35.1 Å². The maximum absolute atomic E-state index is 13.9. The van der Waals surface area contributed by atoms with E-state index in [4.69, 9.17) is 14.2 Å². The highest BCUT2D eigenvalue weighted by Gasteiger charge is 2.49. The van der Waals surface area contributed by atoms with Crippen LogP contribution in [-0.4, -0.2) is 71.4 Å². The molecule has 0 aliphatic rings. The van der Waals surface area contributed by atoms with Gasteiger partial charge in [0.25, 0.3) is 0 Å². The lowest BCUT2D eigenvalue weighted by molar-refractivity contribution is -0.185. The number of ketones is 1. The summed E-state index contributed by atoms with van der Waals surface area (Å²) in [7, 11) is 1.21. The van der Waals surface area contributed by atoms with Gasteiger partial charge >= 0.3 is 11.9 Å². The fourth-order valence-electron chi connectivity index (χ4n) is 5.35. The second-order valence-electron chi connectivity index (χ2n) is 13.6. The van der Waals surface area contributed by atoms with Crippen molar-refractivity contribution in [1.29, 1.82) is 0 Å². The SMILES string of the molecule is CC#CCOc1ccc(C[C@H](NC(=O)[C@@H](C=CCCCCCCC(=O)CCCCCCC)[C@@](O)(CCO)C(=O)OC(C)(C)C)C(=O)OC)cc1. The molecule has 0 aromatic heterocycles. The van der Waals surface area contributed by atoms with Crippen molar-refractivity contribution in [2.75, 3.05) is 20.3 Å². The summed E-state index contributed by atoms with van der Waals surface area (Å²) in [5.74, 6) is 2.42. The van der Waals surface area contributed by atoms with Crippen molar-refractivity contribution in [2.24, 2.45) is 5.92 Å². The summed E-state index contributed by atoms with van der Waals surface area (Å²) in [5, 5.41) is 24.2. The molecule has 3 atom stereocenters. The highest BCUT2D eigenvalue weighted by atomic mass is 16.6. The number of carbonyl (C=O) groups is 4. The van der Waals surface area contributed by atoms with Crippen LogP contribution in [0, 0.1) is 17.8 Å². The molecule has 0 saturated heterocycles. The molecule has 0 aliphatic heterocycles. The Morgan fingerprint density at radius 1 is 0.940 bits per heavy atom. The quantitative estimate of drug-likeness (QED) is 0.0471. The lowest BCUT2D eigenvalue weighted by Gasteiger charge is -2.34. The standard InChI is InChI=1S/C40H61NO9/c1-7-9-11-14-17-20-32(43)21-18-15-12-13-16-19-22-34(40(47,27-28-42)38(46)50-39(3,4)5)36(44)41-35(37(45)48-6)30-31-23-25-33(26-24-31)49-29-10-8-2/h19,22-26,34-35,42,47H,7,9,11-18,20-21,27-30H2,1-6H3,(H,41,44)/t34-,35+,40+/m1/s1. The summed E-state index contributed by atoms with van der Waals surface area (Å²) >= 11 is 0. The van der Waals surface area contributed by atoms with Crippen LogP contribution in [0.3, 0.4) is 0 Å². The zero-order chi connectivity index (χ0) is 37.4. The van der Waals surface area contributed by atoms with Gasteiger partial charge in [0.05, 0.1) is 13.0 Å². The molecule has 10 heteroatoms. The number of hydrogen-bond donors (Lipinski definition) is 3. The molecule has 280 valence electrons. The molecule has 0 radical (unpaired) electrons. The lowest BCUT2D eigenvalue weighted by atomic mass is 9.82. The number of hydrogen-bond acceptors (Lipinski definition) is 9. The predicted octanol–water partition coefficient (Wildman–Crippen LogP) is 6.19. The topological polar surface area (TPSA) is 148 Å². The maximum Gasteiger partial charge on any atom is 0.339 e. The number of esters is 2. The van der Waals surface area contributed by atoms with Gasteiger partial charge < -0.3 is 29.7 Å². The molecule has 3 N–H and O–H groups in total. The maximum atomic E-state index is 13.9. The fourth-order valence-corrected chi connectivity index (χ4v) is 5.35. The van der Waals surface area contributed by atoms with Gasteiger partial charge in [0.15, 0.2) is 5.60 Å². The van der Waals surface area contributed by atoms with Gasteiger partial charge in [-0.2, -0.15) is 0 Å². The number of methoxy groups -OCH3 is 1. The number of unbranched alkanes of at least 4 members (excludes halogenated alkanes) is 8. The molecule has 50 heavy (non-hydrogen) atoms. The summed E-state index contributed by atoms with van der Waals surface area (Å²) < 4.78 is 16.0. The first-order chi connectivity index (χ1) is 23.8. The van der Waals surface area contributed by atoms with Crippen LogP contribution >= 0.6 is 0 Å². The van der Waals surface area contributed by atoms with E-state index in [1.54, 1.807) is 58.0 Å². The normalized spacial score (nSPS) is 13.8. The number of carbonyl (C=O) groups excluding carboxylic acids is 4. The Balaban J connectivity index is 3.03. The number of Topliss-reactive ketones (excluding diaryl/α,β-unsaturated/α-hetero) is 1. The molecule has 1 aromatic carbocycles. The van der Waals surface area contributed by atoms with Crippen molar-refractivity contribution in [1.82, 2.24) is 5.32 Å². The third-order valence-electron chi connectivity index (χ3n) is 8.16. The van der Waals surface area contributed by atoms with E-state index in [0.717, 1.165) is 38.5 Å². The average Bonchev–Trinajstić information content (AvgIpc) is 3.06. The number of aliphatic hydroxyl groups is 2. The molecule has 10 nitrogen and oxygen atoms in total. The summed E-state index contributed by atoms with van der Waals surface area (Å²) in [6.07, 6.45) is 13.6. The summed E-state index contributed by atoms with van der Waals surface area (Å²) in [5.41, 5.74) is -2.69. The number of benzene rings is 1. The number of aliphatic hydroxyl groups excluding tert-OH is 1. The van der Waals surface area contributed by atoms with E-state index in [2.05, 4.69) is 24.1 Å². The Bertz CT molecular complexity index is 1260. The number of ether oxygens (including phenoxy) is 3. The zero-order valence-electron chi connectivity index (χ0n) is 31.2. The van der Waals surface area contributed by atoms with E-state index >= 15 is 0 Å². The molecule has 0 fully saturated rings. The van der Waals surface area contributed by atoms with Gasteiger partial charge in [-0.1, -0.05) is 75.7 Å². The molecule has 0 unspecified atom stereocenters. The van der Waals surface area contributed by atoms with E-state index in [-0.39, 0.29) is 13.0 Å². The molecule has 0 saturated carbocycles. The Hall–Kier alpha value is -3.68. The van der Waals surface area contributed by atoms with Crippen molar-refractivity contribution in [3.63, 3.8) is 0 Å². The van der Waals surface area contributed by atoms with Crippen LogP contribution in [0.25, 0.3) is 0 Å². The number of nitrogens with one attached hydrogen (secondary N) is 1. The van der Waals surface area contributed by atoms with Crippen molar-refractivity contribution in [3.8, 4) is 17.6 Å². The van der Waals surface area contributed by atoms with Crippen LogP contribution in [0.4, 0.5) is 0 Å². The largest absolute Gasteiger partial charge is 0.481 e. The third-order valence-corrected chi connectivity index (χ3v) is 8.16. The number of amides is 1. The van der Waals surface area contributed by atoms with E-state index in [1.165, 1.54) is 32.4 Å². The van der Waals surface area contributed by atoms with Gasteiger partial charge in [0, 0.05) is 32.3 Å². The molecule has 1 rings (SSSR count). The monoisotopic (exact) mass is 699 g/mol. The van der Waals surface area contributed by atoms with Crippen LogP contribution in [0.5, 0.6) is 5.75 Å². The van der Waals surface area contributed by atoms with Crippen molar-refractivity contribution >= 4 is 23.6 Å². The number of rotatable bonds is 25. The smallest absolute Gasteiger partial charge is 0.339 e. The minimum Gasteiger partial charge on any atom is -0.481 e. The zero-order valence-corrected chi connectivity index (χ0v) is 31.2. The molecular weight excluding hydrogens is 638 g/mol. The average molecular weight is 700 g/mol. The second-order valence-corrected chi connectivity index (χ2v) is 13.6. The highest BCUT2D eigenvalue weighted by Crippen LogP contribution is 2.28. The Kier molecular flexibility index (Phi) is 21.7. The minimum absolute atomic E-state index is 0.0656. The lowest BCUT2D eigenvalue weighted by Crippen LogP contribution is -2.56. The second kappa shape index (κ2) is 24.5. The van der Waals surface area contributed by atoms with Gasteiger partial charge in [0.1, 0.15) is 29.8 Å². The van der Waals surface area contributed by atoms with Gasteiger partial charge in [0.2, 0.25) is 5.91 Å². The van der Waals surface area contributed by atoms with Gasteiger partial charge in [-0.05, 0) is 71.1 Å². The molecule has 0 spiro atoms. The van der Waals surface area contributed by atoms with Crippen molar-refractivity contribution < 1.29 is 43.6 Å². The summed E-state index contributed by atoms with van der Waals surface area (Å²) in [6.45, 7) is 8.44. The molecule has 0 heterocycles. The number of allylic oxidation sites excluding steroid dienone is 1. The molecule has 0 bridgehead atoms. The van der Waals surface area contributed by atoms with E-state index < -0.39 is 54.0 Å². The molecule has 1 amide bonds. The highest BCUT2D eigenvalue weighted by molar-refractivity contribution is 5.93. The molecule has 1 aromatic rings. The first kappa shape index (κ1) is 44.3. The van der Waals surface area contributed by atoms with Crippen LogP contribution in [0.15, 0.2) is 36.4 Å². The van der Waals surface area contributed by atoms with E-state index in [0.29, 0.717) is 36.4 Å². The van der Waals surface area contributed by atoms with Gasteiger partial charge in [-0.25, -0.2) is 9.59 Å². The van der Waals surface area contributed by atoms with Gasteiger partial charge in [-0.15, -0.1) is 5.92 Å². The predicted molar refractivity (Wildman–Crippen MR) is 194 cm³/mol. The first-order valence-corrected chi connectivity index (χ1v) is 18.1. The van der Waals surface area contributed by atoms with Crippen LogP contribution in [0.2, 0.25) is 0 Å². The fraction of sp³-hybridized carbons (Fsp3) is 0.650. The Morgan fingerprint density at radius 2 is 1.56 bits per heavy atom. The van der Waals surface area contributed by atoms with Gasteiger partial charge in [-0.3, -0.25) is 9.59 Å². The van der Waals surface area contributed by atoms with E-state index in [9.17, 15) is 29.4 Å². The third kappa shape index (κ3) is 17.8. The van der Waals surface area contributed by atoms with Crippen molar-refractivity contribution in [3.05, 3.63) is 42.0 Å². The minimum atomic E-state index is -2.42. The summed E-state index contributed by atoms with van der Waals surface area (Å²) in [6, 6.07) is 5.81. The van der Waals surface area contributed by atoms with Crippen LogP contribution < -0.4 is 10.1 Å². The Labute approximate surface area is 299 Å². The first-order valence-electron chi connectivity index (χ1n) is 18.1. The summed E-state index contributed by atoms with van der Waals surface area (Å²) in [4.78, 5) is 52.2. The van der Waals surface area contributed by atoms with E-state index in [1.807, 2.05) is 0 Å². The molecular formula is C40H61NO9. The van der Waals surface area contributed by atoms with Crippen molar-refractivity contribution in [2.45, 2.75) is 142 Å². The Morgan fingerprint density at radius 3 is 2.12 bits per heavy atom. The molecule has 0 aliphatic carbocycles.